The molecule has 1 aliphatic heterocycles. The van der Waals surface area contributed by atoms with Gasteiger partial charge >= 0.3 is 6.18 Å². The number of halogens is 3. The quantitative estimate of drug-likeness (QED) is 0.354. The number of aliphatic hydroxyl groups is 1. The summed E-state index contributed by atoms with van der Waals surface area (Å²) in [5.41, 5.74) is -5.09. The van der Waals surface area contributed by atoms with Gasteiger partial charge in [0.2, 0.25) is 0 Å². The zero-order valence-electron chi connectivity index (χ0n) is 17.3. The summed E-state index contributed by atoms with van der Waals surface area (Å²) in [6.07, 6.45) is -2.81. The number of carbonyl (C=O) groups is 3. The summed E-state index contributed by atoms with van der Waals surface area (Å²) in [5.74, 6) is -1.99. The lowest BCUT2D eigenvalue weighted by Crippen LogP contribution is -2.45. The van der Waals surface area contributed by atoms with Gasteiger partial charge in [-0.1, -0.05) is 0 Å². The number of alkyl halides is 3. The molecule has 0 aliphatic carbocycles. The highest BCUT2D eigenvalue weighted by molar-refractivity contribution is 6.28. The molecular formula is C21H16F3N3O7. The van der Waals surface area contributed by atoms with Gasteiger partial charge in [0, 0.05) is 23.9 Å². The molecule has 0 fully saturated rings. The van der Waals surface area contributed by atoms with E-state index in [2.05, 4.69) is 5.32 Å². The van der Waals surface area contributed by atoms with Gasteiger partial charge in [-0.2, -0.15) is 13.2 Å². The molecule has 34 heavy (non-hydrogen) atoms. The van der Waals surface area contributed by atoms with E-state index >= 15 is 0 Å². The summed E-state index contributed by atoms with van der Waals surface area (Å²) in [4.78, 5) is 46.3. The van der Waals surface area contributed by atoms with E-state index in [4.69, 9.17) is 4.74 Å². The van der Waals surface area contributed by atoms with Gasteiger partial charge in [-0.25, -0.2) is 4.90 Å². The smallest absolute Gasteiger partial charge is 0.423 e. The first-order valence-electron chi connectivity index (χ1n) is 9.48. The number of anilines is 2. The van der Waals surface area contributed by atoms with Crippen molar-refractivity contribution in [2.75, 3.05) is 16.8 Å². The Morgan fingerprint density at radius 3 is 2.24 bits per heavy atom. The Balaban J connectivity index is 1.66. The molecule has 0 radical (unpaired) electrons. The number of hydrogen-bond acceptors (Lipinski definition) is 7. The standard InChI is InChI=1S/C21H16F3N3O7/c1-20(31,11-34-14-5-3-13(4-6-14)26-17(28)8-9-18(26)29)19(30)25-12-2-7-16(27(32)33)15(10-12)21(22,23)24/h2-10,31H,11H2,1H3,(H,25,30)/t20-/m0/s1. The molecule has 0 saturated carbocycles. The summed E-state index contributed by atoms with van der Waals surface area (Å²) >= 11 is 0. The fourth-order valence-electron chi connectivity index (χ4n) is 2.90. The third-order valence-electron chi connectivity index (χ3n) is 4.67. The Bertz CT molecular complexity index is 1170. The van der Waals surface area contributed by atoms with Crippen molar-refractivity contribution in [2.45, 2.75) is 18.7 Å². The van der Waals surface area contributed by atoms with Crippen molar-refractivity contribution >= 4 is 34.8 Å². The zero-order valence-corrected chi connectivity index (χ0v) is 17.3. The summed E-state index contributed by atoms with van der Waals surface area (Å²) in [5, 5.41) is 23.3. The average Bonchev–Trinajstić information content (AvgIpc) is 3.10. The largest absolute Gasteiger partial charge is 0.490 e. The summed E-state index contributed by atoms with van der Waals surface area (Å²) < 4.78 is 44.7. The van der Waals surface area contributed by atoms with Crippen LogP contribution in [0.1, 0.15) is 12.5 Å². The predicted molar refractivity (Wildman–Crippen MR) is 111 cm³/mol. The summed E-state index contributed by atoms with van der Waals surface area (Å²) in [6, 6.07) is 7.46. The first-order valence-corrected chi connectivity index (χ1v) is 9.48. The average molecular weight is 479 g/mol. The van der Waals surface area contributed by atoms with Crippen LogP contribution in [-0.2, 0) is 20.6 Å². The lowest BCUT2D eigenvalue weighted by Gasteiger charge is -2.23. The minimum Gasteiger partial charge on any atom is -0.490 e. The molecule has 2 aromatic carbocycles. The normalized spacial score (nSPS) is 15.3. The van der Waals surface area contributed by atoms with Crippen LogP contribution >= 0.6 is 0 Å². The van der Waals surface area contributed by atoms with Crippen LogP contribution in [0.3, 0.4) is 0 Å². The van der Waals surface area contributed by atoms with E-state index in [1.54, 1.807) is 0 Å². The molecule has 1 heterocycles. The van der Waals surface area contributed by atoms with Crippen LogP contribution in [0.15, 0.2) is 54.6 Å². The van der Waals surface area contributed by atoms with E-state index < -0.39 is 58.0 Å². The van der Waals surface area contributed by atoms with Gasteiger partial charge in [-0.15, -0.1) is 0 Å². The number of nitrogens with zero attached hydrogens (tertiary/aromatic N) is 2. The zero-order chi connectivity index (χ0) is 25.3. The molecule has 0 saturated heterocycles. The molecule has 3 amide bonds. The van der Waals surface area contributed by atoms with Crippen LogP contribution in [0.2, 0.25) is 0 Å². The highest BCUT2D eigenvalue weighted by atomic mass is 19.4. The second kappa shape index (κ2) is 8.94. The minimum atomic E-state index is -5.04. The van der Waals surface area contributed by atoms with Crippen LogP contribution in [0.5, 0.6) is 5.75 Å². The maximum atomic E-state index is 13.1. The molecule has 2 N–H and O–H groups in total. The van der Waals surface area contributed by atoms with Crippen molar-refractivity contribution in [3.63, 3.8) is 0 Å². The Morgan fingerprint density at radius 2 is 1.71 bits per heavy atom. The van der Waals surface area contributed by atoms with Crippen molar-refractivity contribution < 1.29 is 42.3 Å². The van der Waals surface area contributed by atoms with Gasteiger partial charge in [0.1, 0.15) is 17.9 Å². The van der Waals surface area contributed by atoms with Crippen molar-refractivity contribution in [3.8, 4) is 5.75 Å². The number of imide groups is 1. The van der Waals surface area contributed by atoms with Gasteiger partial charge in [-0.3, -0.25) is 24.5 Å². The highest BCUT2D eigenvalue weighted by Gasteiger charge is 2.39. The Morgan fingerprint density at radius 1 is 1.12 bits per heavy atom. The number of amides is 3. The number of nitro benzene ring substituents is 1. The second-order valence-electron chi connectivity index (χ2n) is 7.34. The first-order chi connectivity index (χ1) is 15.8. The molecule has 0 unspecified atom stereocenters. The van der Waals surface area contributed by atoms with Crippen LogP contribution in [0.4, 0.5) is 30.2 Å². The van der Waals surface area contributed by atoms with Crippen LogP contribution < -0.4 is 15.0 Å². The number of benzene rings is 2. The molecule has 1 aliphatic rings. The van der Waals surface area contributed by atoms with Crippen molar-refractivity contribution in [3.05, 3.63) is 70.3 Å². The maximum Gasteiger partial charge on any atom is 0.423 e. The van der Waals surface area contributed by atoms with E-state index in [9.17, 15) is 42.8 Å². The molecule has 13 heteroatoms. The molecule has 0 aromatic heterocycles. The number of hydrogen-bond donors (Lipinski definition) is 2. The van der Waals surface area contributed by atoms with Crippen molar-refractivity contribution in [2.24, 2.45) is 0 Å². The maximum absolute atomic E-state index is 13.1. The summed E-state index contributed by atoms with van der Waals surface area (Å²) in [6.45, 7) is 0.445. The van der Waals surface area contributed by atoms with Gasteiger partial charge in [-0.05, 0) is 43.3 Å². The molecule has 1 atom stereocenters. The monoisotopic (exact) mass is 479 g/mol. The number of rotatable bonds is 7. The highest BCUT2D eigenvalue weighted by Crippen LogP contribution is 2.37. The van der Waals surface area contributed by atoms with Crippen molar-refractivity contribution in [1.29, 1.82) is 0 Å². The Labute approximate surface area is 189 Å². The molecule has 3 rings (SSSR count). The van der Waals surface area contributed by atoms with E-state index in [0.717, 1.165) is 30.0 Å². The number of nitro groups is 1. The Hall–Kier alpha value is -4.26. The van der Waals surface area contributed by atoms with Gasteiger partial charge in [0.25, 0.3) is 23.4 Å². The number of carbonyl (C=O) groups excluding carboxylic acids is 3. The lowest BCUT2D eigenvalue weighted by atomic mass is 10.1. The SMILES string of the molecule is C[C@](O)(COc1ccc(N2C(=O)C=CC2=O)cc1)C(=O)Nc1ccc([N+](=O)[O-])c(C(F)(F)F)c1. The predicted octanol–water partition coefficient (Wildman–Crippen LogP) is 2.81. The van der Waals surface area contributed by atoms with Gasteiger partial charge in [0.15, 0.2) is 5.60 Å². The van der Waals surface area contributed by atoms with E-state index in [1.807, 2.05) is 0 Å². The fraction of sp³-hybridized carbons (Fsp3) is 0.190. The summed E-state index contributed by atoms with van der Waals surface area (Å²) in [7, 11) is 0. The third-order valence-corrected chi connectivity index (χ3v) is 4.67. The minimum absolute atomic E-state index is 0.165. The topological polar surface area (TPSA) is 139 Å². The van der Waals surface area contributed by atoms with E-state index in [1.165, 1.54) is 24.3 Å². The number of nitrogens with one attached hydrogen (secondary N) is 1. The fourth-order valence-corrected chi connectivity index (χ4v) is 2.90. The molecular weight excluding hydrogens is 463 g/mol. The third kappa shape index (κ3) is 5.20. The second-order valence-corrected chi connectivity index (χ2v) is 7.34. The molecule has 10 nitrogen and oxygen atoms in total. The van der Waals surface area contributed by atoms with Crippen LogP contribution in [0, 0.1) is 10.1 Å². The van der Waals surface area contributed by atoms with Crippen molar-refractivity contribution in [1.82, 2.24) is 0 Å². The first kappa shape index (κ1) is 24.4. The molecule has 0 bridgehead atoms. The number of ether oxygens (including phenoxy) is 1. The van der Waals surface area contributed by atoms with Crippen LogP contribution in [-0.4, -0.2) is 40.0 Å². The lowest BCUT2D eigenvalue weighted by molar-refractivity contribution is -0.388. The Kier molecular flexibility index (Phi) is 6.41. The van der Waals surface area contributed by atoms with Gasteiger partial charge in [0.05, 0.1) is 10.6 Å². The van der Waals surface area contributed by atoms with Gasteiger partial charge < -0.3 is 15.2 Å². The molecule has 0 spiro atoms. The molecule has 2 aromatic rings. The van der Waals surface area contributed by atoms with E-state index in [-0.39, 0.29) is 11.4 Å². The van der Waals surface area contributed by atoms with E-state index in [0.29, 0.717) is 12.1 Å². The molecule has 178 valence electrons. The van der Waals surface area contributed by atoms with Crippen LogP contribution in [0.25, 0.3) is 0 Å².